The largest absolute Gasteiger partial charge is 0.496 e. The minimum absolute atomic E-state index is 0.436. The molecule has 0 spiro atoms. The smallest absolute Gasteiger partial charge is 0.124 e. The van der Waals surface area contributed by atoms with E-state index in [-0.39, 0.29) is 0 Å². The molecular weight excluding hydrogens is 356 g/mol. The lowest BCUT2D eigenvalue weighted by Gasteiger charge is -2.16. The van der Waals surface area contributed by atoms with Gasteiger partial charge in [0.2, 0.25) is 0 Å². The van der Waals surface area contributed by atoms with Gasteiger partial charge in [-0.1, -0.05) is 11.6 Å². The molecule has 0 amide bonds. The standard InChI is InChI=1S/C15H18BrClN2O2/c1-4-19-12(15(16)9(2)18-19)8-13(20)11-7-10(17)5-6-14(11)21-3/h5-7,13,20H,4,8H2,1-3H3. The lowest BCUT2D eigenvalue weighted by atomic mass is 10.0. The molecule has 1 N–H and O–H groups in total. The maximum absolute atomic E-state index is 10.6. The molecule has 1 aromatic heterocycles. The summed E-state index contributed by atoms with van der Waals surface area (Å²) in [5.74, 6) is 0.627. The third-order valence-corrected chi connectivity index (χ3v) is 4.66. The fraction of sp³-hybridized carbons (Fsp3) is 0.400. The number of aliphatic hydroxyl groups excluding tert-OH is 1. The van der Waals surface area contributed by atoms with Gasteiger partial charge in [0.05, 0.1) is 29.1 Å². The highest BCUT2D eigenvalue weighted by Gasteiger charge is 2.20. The molecule has 114 valence electrons. The molecule has 0 aliphatic rings. The van der Waals surface area contributed by atoms with Gasteiger partial charge in [-0.05, 0) is 48.0 Å². The second-order valence-electron chi connectivity index (χ2n) is 4.77. The Kier molecular flexibility index (Phi) is 5.30. The summed E-state index contributed by atoms with van der Waals surface area (Å²) in [7, 11) is 1.58. The van der Waals surface area contributed by atoms with E-state index in [0.717, 1.165) is 22.4 Å². The molecule has 0 bridgehead atoms. The van der Waals surface area contributed by atoms with Crippen molar-refractivity contribution in [3.63, 3.8) is 0 Å². The first kappa shape index (κ1) is 16.3. The molecular formula is C15H18BrClN2O2. The molecule has 6 heteroatoms. The molecule has 1 unspecified atom stereocenters. The molecule has 0 aliphatic heterocycles. The number of hydrogen-bond acceptors (Lipinski definition) is 3. The second kappa shape index (κ2) is 6.81. The topological polar surface area (TPSA) is 47.3 Å². The average Bonchev–Trinajstić information content (AvgIpc) is 2.74. The van der Waals surface area contributed by atoms with E-state index >= 15 is 0 Å². The molecule has 0 fully saturated rings. The van der Waals surface area contributed by atoms with Crippen LogP contribution in [0.15, 0.2) is 22.7 Å². The van der Waals surface area contributed by atoms with Crippen LogP contribution in [0.2, 0.25) is 5.02 Å². The minimum atomic E-state index is -0.712. The Morgan fingerprint density at radius 3 is 2.81 bits per heavy atom. The van der Waals surface area contributed by atoms with Crippen LogP contribution in [0.5, 0.6) is 5.75 Å². The lowest BCUT2D eigenvalue weighted by molar-refractivity contribution is 0.171. The van der Waals surface area contributed by atoms with Gasteiger partial charge in [-0.2, -0.15) is 5.10 Å². The summed E-state index contributed by atoms with van der Waals surface area (Å²) in [6.07, 6.45) is -0.275. The average molecular weight is 374 g/mol. The fourth-order valence-electron chi connectivity index (χ4n) is 2.32. The molecule has 4 nitrogen and oxygen atoms in total. The molecule has 2 aromatic rings. The monoisotopic (exact) mass is 372 g/mol. The molecule has 0 aliphatic carbocycles. The van der Waals surface area contributed by atoms with Crippen LogP contribution >= 0.6 is 27.5 Å². The molecule has 0 saturated heterocycles. The van der Waals surface area contributed by atoms with Crippen LogP contribution in [0.4, 0.5) is 0 Å². The van der Waals surface area contributed by atoms with E-state index in [9.17, 15) is 5.11 Å². The number of benzene rings is 1. The molecule has 0 radical (unpaired) electrons. The van der Waals surface area contributed by atoms with Gasteiger partial charge < -0.3 is 9.84 Å². The minimum Gasteiger partial charge on any atom is -0.496 e. The Bertz CT molecular complexity index is 643. The number of aliphatic hydroxyl groups is 1. The second-order valence-corrected chi connectivity index (χ2v) is 6.00. The van der Waals surface area contributed by atoms with Crippen molar-refractivity contribution < 1.29 is 9.84 Å². The summed E-state index contributed by atoms with van der Waals surface area (Å²) in [5, 5.41) is 15.6. The zero-order valence-corrected chi connectivity index (χ0v) is 14.6. The number of aryl methyl sites for hydroxylation is 2. The van der Waals surface area contributed by atoms with Crippen molar-refractivity contribution in [1.82, 2.24) is 9.78 Å². The van der Waals surface area contributed by atoms with Crippen molar-refractivity contribution in [3.05, 3.63) is 44.6 Å². The van der Waals surface area contributed by atoms with E-state index in [1.54, 1.807) is 25.3 Å². The Balaban J connectivity index is 2.34. The highest BCUT2D eigenvalue weighted by molar-refractivity contribution is 9.10. The summed E-state index contributed by atoms with van der Waals surface area (Å²) in [6, 6.07) is 5.24. The van der Waals surface area contributed by atoms with Crippen molar-refractivity contribution in [1.29, 1.82) is 0 Å². The van der Waals surface area contributed by atoms with Gasteiger partial charge in [0, 0.05) is 23.6 Å². The van der Waals surface area contributed by atoms with E-state index < -0.39 is 6.10 Å². The number of methoxy groups -OCH3 is 1. The van der Waals surface area contributed by atoms with Crippen molar-refractivity contribution in [3.8, 4) is 5.75 Å². The molecule has 2 rings (SSSR count). The number of hydrogen-bond donors (Lipinski definition) is 1. The summed E-state index contributed by atoms with van der Waals surface area (Å²) < 4.78 is 8.12. The zero-order valence-electron chi connectivity index (χ0n) is 12.2. The quantitative estimate of drug-likeness (QED) is 0.864. The van der Waals surface area contributed by atoms with E-state index in [1.807, 2.05) is 18.5 Å². The van der Waals surface area contributed by atoms with Gasteiger partial charge in [0.25, 0.3) is 0 Å². The lowest BCUT2D eigenvalue weighted by Crippen LogP contribution is -2.10. The molecule has 0 saturated carbocycles. The van der Waals surface area contributed by atoms with Crippen LogP contribution in [0, 0.1) is 6.92 Å². The Morgan fingerprint density at radius 2 is 2.19 bits per heavy atom. The van der Waals surface area contributed by atoms with Crippen LogP contribution < -0.4 is 4.74 Å². The number of aromatic nitrogens is 2. The molecule has 1 aromatic carbocycles. The predicted molar refractivity (Wildman–Crippen MR) is 87.0 cm³/mol. The number of rotatable bonds is 5. The van der Waals surface area contributed by atoms with E-state index in [1.165, 1.54) is 0 Å². The maximum Gasteiger partial charge on any atom is 0.124 e. The summed E-state index contributed by atoms with van der Waals surface area (Å²) in [6.45, 7) is 4.71. The van der Waals surface area contributed by atoms with Crippen LogP contribution in [-0.2, 0) is 13.0 Å². The SMILES string of the molecule is CCn1nc(C)c(Br)c1CC(O)c1cc(Cl)ccc1OC. The maximum atomic E-state index is 10.6. The van der Waals surface area contributed by atoms with Crippen molar-refractivity contribution in [2.24, 2.45) is 0 Å². The van der Waals surface area contributed by atoms with Crippen LogP contribution in [0.3, 0.4) is 0 Å². The number of halogens is 2. The van der Waals surface area contributed by atoms with Crippen molar-refractivity contribution >= 4 is 27.5 Å². The zero-order chi connectivity index (χ0) is 15.6. The van der Waals surface area contributed by atoms with E-state index in [4.69, 9.17) is 16.3 Å². The third-order valence-electron chi connectivity index (χ3n) is 3.39. The Labute approximate surface area is 137 Å². The van der Waals surface area contributed by atoms with E-state index in [2.05, 4.69) is 21.0 Å². The third kappa shape index (κ3) is 3.42. The van der Waals surface area contributed by atoms with Gasteiger partial charge in [-0.3, -0.25) is 4.68 Å². The van der Waals surface area contributed by atoms with Gasteiger partial charge in [-0.25, -0.2) is 0 Å². The van der Waals surface area contributed by atoms with Crippen LogP contribution in [-0.4, -0.2) is 22.0 Å². The number of ether oxygens (including phenoxy) is 1. The normalized spacial score (nSPS) is 12.5. The summed E-state index contributed by atoms with van der Waals surface area (Å²) in [4.78, 5) is 0. The Morgan fingerprint density at radius 1 is 1.48 bits per heavy atom. The summed E-state index contributed by atoms with van der Waals surface area (Å²) in [5.41, 5.74) is 2.56. The van der Waals surface area contributed by atoms with Gasteiger partial charge >= 0.3 is 0 Å². The molecule has 1 atom stereocenters. The fourth-order valence-corrected chi connectivity index (χ4v) is 2.95. The molecule has 1 heterocycles. The first-order valence-corrected chi connectivity index (χ1v) is 7.88. The molecule has 21 heavy (non-hydrogen) atoms. The predicted octanol–water partition coefficient (Wildman–Crippen LogP) is 3.91. The van der Waals surface area contributed by atoms with Crippen LogP contribution in [0.1, 0.15) is 30.0 Å². The van der Waals surface area contributed by atoms with E-state index in [0.29, 0.717) is 22.8 Å². The highest BCUT2D eigenvalue weighted by atomic mass is 79.9. The van der Waals surface area contributed by atoms with Crippen LogP contribution in [0.25, 0.3) is 0 Å². The highest BCUT2D eigenvalue weighted by Crippen LogP contribution is 2.32. The van der Waals surface area contributed by atoms with Gasteiger partial charge in [0.15, 0.2) is 0 Å². The first-order valence-electron chi connectivity index (χ1n) is 6.71. The van der Waals surface area contributed by atoms with Crippen molar-refractivity contribution in [2.75, 3.05) is 7.11 Å². The van der Waals surface area contributed by atoms with Crippen molar-refractivity contribution in [2.45, 2.75) is 32.9 Å². The number of nitrogens with zero attached hydrogens (tertiary/aromatic N) is 2. The Hall–Kier alpha value is -1.04. The van der Waals surface area contributed by atoms with Gasteiger partial charge in [0.1, 0.15) is 5.75 Å². The van der Waals surface area contributed by atoms with Gasteiger partial charge in [-0.15, -0.1) is 0 Å². The first-order chi connectivity index (χ1) is 9.97. The summed E-state index contributed by atoms with van der Waals surface area (Å²) >= 11 is 9.56.